The standard InChI is InChI=1S/C23H22N4O4S/c1-15-5-10-20-18(13-15)23(29)26-22(25-20)19(14-24)21(28)16-6-8-17(9-7-16)32(30,31)27-11-3-2-4-12-27/h5-10,13,19H,2-4,11-12H2,1H3,(H,25,26,29). The molecule has 164 valence electrons. The summed E-state index contributed by atoms with van der Waals surface area (Å²) in [7, 11) is -3.62. The van der Waals surface area contributed by atoms with Crippen molar-refractivity contribution in [3.63, 3.8) is 0 Å². The number of aromatic nitrogens is 2. The molecular weight excluding hydrogens is 428 g/mol. The summed E-state index contributed by atoms with van der Waals surface area (Å²) >= 11 is 0. The molecule has 8 nitrogen and oxygen atoms in total. The zero-order valence-electron chi connectivity index (χ0n) is 17.5. The van der Waals surface area contributed by atoms with Crippen LogP contribution < -0.4 is 5.56 Å². The summed E-state index contributed by atoms with van der Waals surface area (Å²) in [5.41, 5.74) is 1.03. The average molecular weight is 451 g/mol. The molecule has 1 saturated heterocycles. The van der Waals surface area contributed by atoms with Gasteiger partial charge in [-0.25, -0.2) is 13.4 Å². The van der Waals surface area contributed by atoms with Gasteiger partial charge in [0.05, 0.1) is 21.9 Å². The number of carbonyl (C=O) groups excluding carboxylic acids is 1. The number of fused-ring (bicyclic) bond motifs is 1. The van der Waals surface area contributed by atoms with Gasteiger partial charge in [0.25, 0.3) is 5.56 Å². The molecule has 1 fully saturated rings. The summed E-state index contributed by atoms with van der Waals surface area (Å²) < 4.78 is 27.1. The first-order valence-corrected chi connectivity index (χ1v) is 11.8. The third kappa shape index (κ3) is 4.07. The van der Waals surface area contributed by atoms with Gasteiger partial charge in [-0.05, 0) is 44.0 Å². The van der Waals surface area contributed by atoms with Gasteiger partial charge >= 0.3 is 0 Å². The number of hydrogen-bond donors (Lipinski definition) is 1. The molecule has 0 aliphatic carbocycles. The number of nitrogens with zero attached hydrogens (tertiary/aromatic N) is 3. The highest BCUT2D eigenvalue weighted by atomic mass is 32.2. The number of nitriles is 1. The monoisotopic (exact) mass is 450 g/mol. The van der Waals surface area contributed by atoms with Crippen LogP contribution in [0.2, 0.25) is 0 Å². The molecule has 4 rings (SSSR count). The lowest BCUT2D eigenvalue weighted by atomic mass is 9.98. The van der Waals surface area contributed by atoms with E-state index in [4.69, 9.17) is 0 Å². The molecule has 1 aromatic heterocycles. The Bertz CT molecular complexity index is 1380. The maximum absolute atomic E-state index is 13.0. The molecule has 1 unspecified atom stereocenters. The van der Waals surface area contributed by atoms with Crippen LogP contribution in [0.3, 0.4) is 0 Å². The molecule has 9 heteroatoms. The topological polar surface area (TPSA) is 124 Å². The molecule has 0 radical (unpaired) electrons. The predicted octanol–water partition coefficient (Wildman–Crippen LogP) is 2.90. The van der Waals surface area contributed by atoms with Gasteiger partial charge in [0.15, 0.2) is 11.7 Å². The fourth-order valence-electron chi connectivity index (χ4n) is 3.86. The number of sulfonamides is 1. The molecule has 1 atom stereocenters. The molecule has 1 aliphatic heterocycles. The van der Waals surface area contributed by atoms with E-state index in [0.29, 0.717) is 24.0 Å². The molecule has 0 amide bonds. The molecule has 0 saturated carbocycles. The summed E-state index contributed by atoms with van der Waals surface area (Å²) in [6.07, 6.45) is 2.67. The minimum atomic E-state index is -3.62. The van der Waals surface area contributed by atoms with Crippen LogP contribution in [-0.2, 0) is 10.0 Å². The van der Waals surface area contributed by atoms with Crippen LogP contribution in [0.4, 0.5) is 0 Å². The number of nitrogens with one attached hydrogen (secondary N) is 1. The molecule has 0 spiro atoms. The third-order valence-corrected chi connectivity index (χ3v) is 7.55. The molecule has 2 aromatic carbocycles. The number of aromatic amines is 1. The van der Waals surface area contributed by atoms with E-state index in [1.807, 2.05) is 13.0 Å². The molecule has 1 N–H and O–H groups in total. The van der Waals surface area contributed by atoms with Gasteiger partial charge in [0.1, 0.15) is 5.82 Å². The quantitative estimate of drug-likeness (QED) is 0.596. The SMILES string of the molecule is Cc1ccc2nc(C(C#N)C(=O)c3ccc(S(=O)(=O)N4CCCCC4)cc3)[nH]c(=O)c2c1. The Labute approximate surface area is 185 Å². The van der Waals surface area contributed by atoms with Gasteiger partial charge in [-0.3, -0.25) is 9.59 Å². The zero-order chi connectivity index (χ0) is 22.9. The van der Waals surface area contributed by atoms with E-state index in [9.17, 15) is 23.3 Å². The van der Waals surface area contributed by atoms with Gasteiger partial charge in [0.2, 0.25) is 10.0 Å². The second kappa shape index (κ2) is 8.65. The van der Waals surface area contributed by atoms with Gasteiger partial charge in [0, 0.05) is 18.7 Å². The first-order chi connectivity index (χ1) is 15.3. The number of carbonyl (C=O) groups is 1. The van der Waals surface area contributed by atoms with Crippen molar-refractivity contribution in [2.75, 3.05) is 13.1 Å². The highest BCUT2D eigenvalue weighted by Crippen LogP contribution is 2.23. The maximum Gasteiger partial charge on any atom is 0.258 e. The van der Waals surface area contributed by atoms with Crippen LogP contribution in [0.1, 0.15) is 46.9 Å². The van der Waals surface area contributed by atoms with Crippen molar-refractivity contribution in [1.29, 1.82) is 5.26 Å². The molecule has 32 heavy (non-hydrogen) atoms. The summed E-state index contributed by atoms with van der Waals surface area (Å²) in [5, 5.41) is 10.0. The minimum Gasteiger partial charge on any atom is -0.308 e. The number of hydrogen-bond acceptors (Lipinski definition) is 6. The molecule has 2 heterocycles. The highest BCUT2D eigenvalue weighted by Gasteiger charge is 2.28. The van der Waals surface area contributed by atoms with Crippen molar-refractivity contribution in [2.45, 2.75) is 37.0 Å². The summed E-state index contributed by atoms with van der Waals surface area (Å²) in [6, 6.07) is 12.6. The first kappa shape index (κ1) is 21.9. The van der Waals surface area contributed by atoms with Gasteiger partial charge in [-0.1, -0.05) is 30.2 Å². The van der Waals surface area contributed by atoms with Crippen molar-refractivity contribution >= 4 is 26.7 Å². The van der Waals surface area contributed by atoms with Crippen LogP contribution in [-0.4, -0.2) is 41.6 Å². The Morgan fingerprint density at radius 2 is 1.81 bits per heavy atom. The van der Waals surface area contributed by atoms with Crippen molar-refractivity contribution in [3.05, 3.63) is 69.8 Å². The Hall–Kier alpha value is -3.35. The number of aryl methyl sites for hydroxylation is 1. The first-order valence-electron chi connectivity index (χ1n) is 10.4. The lowest BCUT2D eigenvalue weighted by molar-refractivity contribution is 0.0976. The van der Waals surface area contributed by atoms with Gasteiger partial charge < -0.3 is 4.98 Å². The number of ketones is 1. The van der Waals surface area contributed by atoms with E-state index in [2.05, 4.69) is 9.97 Å². The molecule has 0 bridgehead atoms. The van der Waals surface area contributed by atoms with Crippen LogP contribution in [0.25, 0.3) is 10.9 Å². The fourth-order valence-corrected chi connectivity index (χ4v) is 5.38. The zero-order valence-corrected chi connectivity index (χ0v) is 18.4. The Balaban J connectivity index is 1.63. The number of H-pyrrole nitrogens is 1. The van der Waals surface area contributed by atoms with E-state index < -0.39 is 27.3 Å². The minimum absolute atomic E-state index is 0.0381. The Kier molecular flexibility index (Phi) is 5.91. The van der Waals surface area contributed by atoms with Crippen LogP contribution >= 0.6 is 0 Å². The number of piperidine rings is 1. The van der Waals surface area contributed by atoms with Crippen LogP contribution in [0.5, 0.6) is 0 Å². The molecule has 3 aromatic rings. The fraction of sp³-hybridized carbons (Fsp3) is 0.304. The highest BCUT2D eigenvalue weighted by molar-refractivity contribution is 7.89. The van der Waals surface area contributed by atoms with Crippen LogP contribution in [0, 0.1) is 18.3 Å². The van der Waals surface area contributed by atoms with E-state index in [1.54, 1.807) is 18.2 Å². The molecule has 1 aliphatic rings. The van der Waals surface area contributed by atoms with Crippen molar-refractivity contribution in [1.82, 2.24) is 14.3 Å². The van der Waals surface area contributed by atoms with Gasteiger partial charge in [-0.2, -0.15) is 9.57 Å². The maximum atomic E-state index is 13.0. The number of rotatable bonds is 5. The van der Waals surface area contributed by atoms with Crippen LogP contribution in [0.15, 0.2) is 52.2 Å². The van der Waals surface area contributed by atoms with Gasteiger partial charge in [-0.15, -0.1) is 0 Å². The summed E-state index contributed by atoms with van der Waals surface area (Å²) in [5.74, 6) is -1.93. The number of benzene rings is 2. The second-order valence-corrected chi connectivity index (χ2v) is 9.83. The number of Topliss-reactive ketones (excluding diaryl/α,β-unsaturated/α-hetero) is 1. The van der Waals surface area contributed by atoms with E-state index in [-0.39, 0.29) is 16.3 Å². The lowest BCUT2D eigenvalue weighted by Gasteiger charge is -2.25. The van der Waals surface area contributed by atoms with E-state index >= 15 is 0 Å². The summed E-state index contributed by atoms with van der Waals surface area (Å²) in [6.45, 7) is 2.82. The Morgan fingerprint density at radius 1 is 1.12 bits per heavy atom. The second-order valence-electron chi connectivity index (χ2n) is 7.89. The normalized spacial score (nSPS) is 15.9. The Morgan fingerprint density at radius 3 is 2.47 bits per heavy atom. The van der Waals surface area contributed by atoms with Crippen molar-refractivity contribution in [3.8, 4) is 6.07 Å². The largest absolute Gasteiger partial charge is 0.308 e. The predicted molar refractivity (Wildman–Crippen MR) is 119 cm³/mol. The van der Waals surface area contributed by atoms with Crippen molar-refractivity contribution < 1.29 is 13.2 Å². The van der Waals surface area contributed by atoms with E-state index in [1.165, 1.54) is 28.6 Å². The van der Waals surface area contributed by atoms with E-state index in [0.717, 1.165) is 24.8 Å². The van der Waals surface area contributed by atoms with Crippen molar-refractivity contribution in [2.24, 2.45) is 0 Å². The average Bonchev–Trinajstić information content (AvgIpc) is 2.80. The smallest absolute Gasteiger partial charge is 0.258 e. The summed E-state index contributed by atoms with van der Waals surface area (Å²) in [4.78, 5) is 32.4. The lowest BCUT2D eigenvalue weighted by Crippen LogP contribution is -2.35. The molecular formula is C23H22N4O4S. The third-order valence-electron chi connectivity index (χ3n) is 5.64.